The number of hydrogen-bond donors (Lipinski definition) is 2. The van der Waals surface area contributed by atoms with E-state index in [4.69, 9.17) is 0 Å². The van der Waals surface area contributed by atoms with E-state index in [1.165, 1.54) is 5.56 Å². The molecule has 3 rings (SSSR count). The summed E-state index contributed by atoms with van der Waals surface area (Å²) in [4.78, 5) is 13.0. The lowest BCUT2D eigenvalue weighted by Gasteiger charge is -2.21. The molecule has 6 heteroatoms. The second kappa shape index (κ2) is 9.40. The molecule has 0 aliphatic rings. The highest BCUT2D eigenvalue weighted by atomic mass is 32.2. The van der Waals surface area contributed by atoms with Crippen LogP contribution in [0.25, 0.3) is 0 Å². The second-order valence-electron chi connectivity index (χ2n) is 9.52. The number of carbonyl (C=O) groups excluding carboxylic acids is 1. The summed E-state index contributed by atoms with van der Waals surface area (Å²) < 4.78 is 28.0. The van der Waals surface area contributed by atoms with Crippen LogP contribution in [0.1, 0.15) is 66.3 Å². The largest absolute Gasteiger partial charge is 0.346 e. The van der Waals surface area contributed by atoms with Crippen LogP contribution in [0.15, 0.2) is 71.6 Å². The summed E-state index contributed by atoms with van der Waals surface area (Å²) in [5.74, 6) is -0.210. The minimum absolute atomic E-state index is 0.0747. The molecule has 33 heavy (non-hydrogen) atoms. The van der Waals surface area contributed by atoms with Crippen molar-refractivity contribution in [3.63, 3.8) is 0 Å². The Hall–Kier alpha value is -3.12. The molecule has 0 heterocycles. The lowest BCUT2D eigenvalue weighted by Crippen LogP contribution is -2.27. The Labute approximate surface area is 197 Å². The van der Waals surface area contributed by atoms with Gasteiger partial charge in [0.2, 0.25) is 0 Å². The Morgan fingerprint density at radius 2 is 1.48 bits per heavy atom. The molecular weight excluding hydrogens is 432 g/mol. The maximum Gasteiger partial charge on any atom is 0.261 e. The third-order valence-corrected chi connectivity index (χ3v) is 7.07. The summed E-state index contributed by atoms with van der Waals surface area (Å²) in [7, 11) is -3.71. The van der Waals surface area contributed by atoms with Crippen molar-refractivity contribution in [1.82, 2.24) is 5.32 Å². The molecule has 0 aliphatic carbocycles. The van der Waals surface area contributed by atoms with Gasteiger partial charge in [0, 0.05) is 5.56 Å². The SMILES string of the molecule is Cc1ccc(S(=O)(=O)Nc2ccc(C(=O)N[C@H](C)c3ccc(C(C)(C)C)cc3)cc2C)cc1. The molecule has 0 aliphatic heterocycles. The lowest BCUT2D eigenvalue weighted by atomic mass is 9.86. The molecule has 0 saturated carbocycles. The van der Waals surface area contributed by atoms with Crippen molar-refractivity contribution in [2.45, 2.75) is 57.9 Å². The molecule has 174 valence electrons. The Morgan fingerprint density at radius 1 is 0.879 bits per heavy atom. The van der Waals surface area contributed by atoms with E-state index in [9.17, 15) is 13.2 Å². The summed E-state index contributed by atoms with van der Waals surface area (Å²) in [6.45, 7) is 12.1. The van der Waals surface area contributed by atoms with Crippen LogP contribution >= 0.6 is 0 Å². The maximum atomic E-state index is 12.8. The predicted octanol–water partition coefficient (Wildman–Crippen LogP) is 5.89. The van der Waals surface area contributed by atoms with Gasteiger partial charge in [-0.05, 0) is 73.2 Å². The van der Waals surface area contributed by atoms with Crippen LogP contribution in [-0.2, 0) is 15.4 Å². The zero-order chi connectivity index (χ0) is 24.4. The molecule has 3 aromatic rings. The Balaban J connectivity index is 1.71. The van der Waals surface area contributed by atoms with Gasteiger partial charge in [-0.3, -0.25) is 9.52 Å². The number of sulfonamides is 1. The fraction of sp³-hybridized carbons (Fsp3) is 0.296. The third-order valence-electron chi connectivity index (χ3n) is 5.69. The van der Waals surface area contributed by atoms with Crippen molar-refractivity contribution in [2.24, 2.45) is 0 Å². The van der Waals surface area contributed by atoms with Gasteiger partial charge in [-0.15, -0.1) is 0 Å². The Bertz CT molecular complexity index is 1240. The van der Waals surface area contributed by atoms with Crippen molar-refractivity contribution >= 4 is 21.6 Å². The predicted molar refractivity (Wildman–Crippen MR) is 134 cm³/mol. The number of aryl methyl sites for hydroxylation is 2. The van der Waals surface area contributed by atoms with Gasteiger partial charge in [0.05, 0.1) is 16.6 Å². The molecule has 1 atom stereocenters. The quantitative estimate of drug-likeness (QED) is 0.477. The zero-order valence-electron chi connectivity index (χ0n) is 20.1. The van der Waals surface area contributed by atoms with Crippen LogP contribution in [0.2, 0.25) is 0 Å². The van der Waals surface area contributed by atoms with Gasteiger partial charge in [-0.1, -0.05) is 62.7 Å². The zero-order valence-corrected chi connectivity index (χ0v) is 20.9. The van der Waals surface area contributed by atoms with Gasteiger partial charge < -0.3 is 5.32 Å². The van der Waals surface area contributed by atoms with E-state index in [0.717, 1.165) is 11.1 Å². The van der Waals surface area contributed by atoms with E-state index in [1.54, 1.807) is 49.4 Å². The minimum atomic E-state index is -3.71. The van der Waals surface area contributed by atoms with Crippen molar-refractivity contribution in [2.75, 3.05) is 4.72 Å². The van der Waals surface area contributed by atoms with Crippen LogP contribution in [-0.4, -0.2) is 14.3 Å². The maximum absolute atomic E-state index is 12.8. The van der Waals surface area contributed by atoms with Crippen molar-refractivity contribution in [3.05, 3.63) is 94.5 Å². The number of carbonyl (C=O) groups is 1. The van der Waals surface area contributed by atoms with Crippen molar-refractivity contribution in [1.29, 1.82) is 0 Å². The summed E-state index contributed by atoms with van der Waals surface area (Å²) in [6, 6.07) is 19.7. The second-order valence-corrected chi connectivity index (χ2v) is 11.2. The highest BCUT2D eigenvalue weighted by molar-refractivity contribution is 7.92. The Morgan fingerprint density at radius 3 is 2.03 bits per heavy atom. The number of rotatable bonds is 6. The highest BCUT2D eigenvalue weighted by Gasteiger charge is 2.18. The smallest absolute Gasteiger partial charge is 0.261 e. The van der Waals surface area contributed by atoms with E-state index in [0.29, 0.717) is 16.8 Å². The van der Waals surface area contributed by atoms with Crippen LogP contribution in [0.4, 0.5) is 5.69 Å². The molecule has 0 aromatic heterocycles. The molecule has 0 fully saturated rings. The molecule has 5 nitrogen and oxygen atoms in total. The standard InChI is InChI=1S/C27H32N2O3S/c1-18-7-14-24(15-8-18)33(31,32)29-25-16-11-22(17-19(25)2)26(30)28-20(3)21-9-12-23(13-10-21)27(4,5)6/h7-17,20,29H,1-6H3,(H,28,30)/t20-/m1/s1. The van der Waals surface area contributed by atoms with E-state index >= 15 is 0 Å². The number of amides is 1. The molecule has 3 aromatic carbocycles. The van der Waals surface area contributed by atoms with Crippen molar-refractivity contribution in [3.8, 4) is 0 Å². The minimum Gasteiger partial charge on any atom is -0.346 e. The highest BCUT2D eigenvalue weighted by Crippen LogP contribution is 2.25. The molecule has 0 saturated heterocycles. The molecule has 1 amide bonds. The van der Waals surface area contributed by atoms with E-state index < -0.39 is 10.0 Å². The Kier molecular flexibility index (Phi) is 6.98. The van der Waals surface area contributed by atoms with Gasteiger partial charge in [0.1, 0.15) is 0 Å². The monoisotopic (exact) mass is 464 g/mol. The molecule has 2 N–H and O–H groups in total. The molecular formula is C27H32N2O3S. The first-order valence-corrected chi connectivity index (χ1v) is 12.5. The van der Waals surface area contributed by atoms with Crippen LogP contribution < -0.4 is 10.0 Å². The van der Waals surface area contributed by atoms with Crippen molar-refractivity contribution < 1.29 is 13.2 Å². The van der Waals surface area contributed by atoms with Crippen LogP contribution in [0, 0.1) is 13.8 Å². The molecule has 0 bridgehead atoms. The average molecular weight is 465 g/mol. The van der Waals surface area contributed by atoms with E-state index in [1.807, 2.05) is 26.0 Å². The average Bonchev–Trinajstić information content (AvgIpc) is 2.74. The van der Waals surface area contributed by atoms with Gasteiger partial charge in [-0.2, -0.15) is 0 Å². The van der Waals surface area contributed by atoms with E-state index in [-0.39, 0.29) is 22.3 Å². The number of hydrogen-bond acceptors (Lipinski definition) is 3. The first kappa shape index (κ1) is 24.5. The fourth-order valence-electron chi connectivity index (χ4n) is 3.48. The summed E-state index contributed by atoms with van der Waals surface area (Å²) in [5, 5.41) is 3.02. The van der Waals surface area contributed by atoms with Gasteiger partial charge >= 0.3 is 0 Å². The lowest BCUT2D eigenvalue weighted by molar-refractivity contribution is 0.0940. The van der Waals surface area contributed by atoms with E-state index in [2.05, 4.69) is 42.9 Å². The van der Waals surface area contributed by atoms with Crippen LogP contribution in [0.3, 0.4) is 0 Å². The normalized spacial score (nSPS) is 12.8. The van der Waals surface area contributed by atoms with Gasteiger partial charge in [0.25, 0.3) is 15.9 Å². The number of benzene rings is 3. The summed E-state index contributed by atoms with van der Waals surface area (Å²) in [5.41, 5.74) is 4.91. The summed E-state index contributed by atoms with van der Waals surface area (Å²) in [6.07, 6.45) is 0. The topological polar surface area (TPSA) is 75.3 Å². The molecule has 0 spiro atoms. The third kappa shape index (κ3) is 6.02. The van der Waals surface area contributed by atoms with Gasteiger partial charge in [0.15, 0.2) is 0 Å². The first-order chi connectivity index (χ1) is 15.4. The number of nitrogens with one attached hydrogen (secondary N) is 2. The van der Waals surface area contributed by atoms with Crippen LogP contribution in [0.5, 0.6) is 0 Å². The summed E-state index contributed by atoms with van der Waals surface area (Å²) >= 11 is 0. The van der Waals surface area contributed by atoms with Gasteiger partial charge in [-0.25, -0.2) is 8.42 Å². The first-order valence-electron chi connectivity index (χ1n) is 11.0. The number of anilines is 1. The molecule has 0 radical (unpaired) electrons. The molecule has 0 unspecified atom stereocenters. The fourth-order valence-corrected chi connectivity index (χ4v) is 4.61.